The lowest BCUT2D eigenvalue weighted by atomic mass is 10.3. The minimum absolute atomic E-state index is 0.0134. The zero-order valence-corrected chi connectivity index (χ0v) is 12.1. The molecule has 1 fully saturated rings. The van der Waals surface area contributed by atoms with Gasteiger partial charge in [0.2, 0.25) is 5.91 Å². The number of nitrogens with zero attached hydrogens (tertiary/aromatic N) is 2. The van der Waals surface area contributed by atoms with Crippen LogP contribution in [-0.2, 0) is 9.59 Å². The normalized spacial score (nSPS) is 13.7. The van der Waals surface area contributed by atoms with Gasteiger partial charge in [-0.15, -0.1) is 0 Å². The highest BCUT2D eigenvalue weighted by Gasteiger charge is 2.35. The molecule has 1 aliphatic rings. The minimum Gasteiger partial charge on any atom is -0.481 e. The predicted octanol–water partition coefficient (Wildman–Crippen LogP) is 0.504. The number of hydrogen-bond acceptors (Lipinski definition) is 3. The molecule has 0 unspecified atom stereocenters. The van der Waals surface area contributed by atoms with Gasteiger partial charge in [0.15, 0.2) is 0 Å². The Morgan fingerprint density at radius 1 is 1.25 bits per heavy atom. The first-order valence-electron chi connectivity index (χ1n) is 6.97. The van der Waals surface area contributed by atoms with Crippen molar-refractivity contribution >= 4 is 17.9 Å². The molecule has 0 aromatic carbocycles. The lowest BCUT2D eigenvalue weighted by Gasteiger charge is -2.30. The molecule has 0 aliphatic heterocycles. The minimum atomic E-state index is -0.920. The molecule has 114 valence electrons. The van der Waals surface area contributed by atoms with E-state index in [4.69, 9.17) is 5.11 Å². The number of carbonyl (C=O) groups is 3. The third-order valence-corrected chi connectivity index (χ3v) is 3.18. The second-order valence-electron chi connectivity index (χ2n) is 4.95. The van der Waals surface area contributed by atoms with Crippen LogP contribution in [0.25, 0.3) is 0 Å². The molecule has 2 N–H and O–H groups in total. The van der Waals surface area contributed by atoms with Gasteiger partial charge in [-0.25, -0.2) is 4.79 Å². The van der Waals surface area contributed by atoms with E-state index < -0.39 is 5.97 Å². The fraction of sp³-hybridized carbons (Fsp3) is 0.769. The Labute approximate surface area is 118 Å². The summed E-state index contributed by atoms with van der Waals surface area (Å²) >= 11 is 0. The molecule has 0 spiro atoms. The summed E-state index contributed by atoms with van der Waals surface area (Å²) in [5, 5.41) is 11.3. The van der Waals surface area contributed by atoms with Crippen molar-refractivity contribution in [1.29, 1.82) is 0 Å². The van der Waals surface area contributed by atoms with Gasteiger partial charge >= 0.3 is 12.0 Å². The van der Waals surface area contributed by atoms with Crippen molar-refractivity contribution in [1.82, 2.24) is 15.1 Å². The summed E-state index contributed by atoms with van der Waals surface area (Å²) in [6.07, 6.45) is 2.50. The molecule has 0 radical (unpaired) electrons. The molecule has 20 heavy (non-hydrogen) atoms. The first kappa shape index (κ1) is 16.3. The summed E-state index contributed by atoms with van der Waals surface area (Å²) in [6.45, 7) is 2.64. The van der Waals surface area contributed by atoms with E-state index in [9.17, 15) is 14.4 Å². The Morgan fingerprint density at radius 3 is 2.35 bits per heavy atom. The van der Waals surface area contributed by atoms with Crippen LogP contribution in [0, 0.1) is 0 Å². The maximum atomic E-state index is 12.5. The van der Waals surface area contributed by atoms with Crippen molar-refractivity contribution in [2.45, 2.75) is 38.6 Å². The van der Waals surface area contributed by atoms with Crippen LogP contribution < -0.4 is 5.32 Å². The summed E-state index contributed by atoms with van der Waals surface area (Å²) < 4.78 is 0. The maximum Gasteiger partial charge on any atom is 0.320 e. The monoisotopic (exact) mass is 285 g/mol. The summed E-state index contributed by atoms with van der Waals surface area (Å²) in [6, 6.07) is -0.106. The second-order valence-corrected chi connectivity index (χ2v) is 4.95. The maximum absolute atomic E-state index is 12.5. The second kappa shape index (κ2) is 7.72. The molecule has 0 aromatic heterocycles. The van der Waals surface area contributed by atoms with Gasteiger partial charge in [0, 0.05) is 26.2 Å². The fourth-order valence-electron chi connectivity index (χ4n) is 1.98. The van der Waals surface area contributed by atoms with Crippen molar-refractivity contribution in [3.63, 3.8) is 0 Å². The Bertz CT molecular complexity index is 369. The summed E-state index contributed by atoms with van der Waals surface area (Å²) in [5.74, 6) is -1.14. The predicted molar refractivity (Wildman–Crippen MR) is 73.3 cm³/mol. The van der Waals surface area contributed by atoms with E-state index in [1.54, 1.807) is 4.90 Å². The highest BCUT2D eigenvalue weighted by molar-refractivity contribution is 5.84. The van der Waals surface area contributed by atoms with Gasteiger partial charge in [-0.05, 0) is 19.3 Å². The van der Waals surface area contributed by atoms with E-state index in [1.807, 2.05) is 6.92 Å². The smallest absolute Gasteiger partial charge is 0.320 e. The van der Waals surface area contributed by atoms with Gasteiger partial charge in [0.05, 0.1) is 6.42 Å². The van der Waals surface area contributed by atoms with E-state index >= 15 is 0 Å². The van der Waals surface area contributed by atoms with Gasteiger partial charge in [-0.1, -0.05) is 6.92 Å². The van der Waals surface area contributed by atoms with Crippen LogP contribution in [0.3, 0.4) is 0 Å². The van der Waals surface area contributed by atoms with Crippen molar-refractivity contribution in [3.8, 4) is 0 Å². The van der Waals surface area contributed by atoms with Crippen LogP contribution in [0.15, 0.2) is 0 Å². The number of aliphatic carboxylic acids is 1. The van der Waals surface area contributed by atoms with Crippen molar-refractivity contribution in [2.75, 3.05) is 26.7 Å². The fourth-order valence-corrected chi connectivity index (χ4v) is 1.98. The first-order chi connectivity index (χ1) is 9.49. The largest absolute Gasteiger partial charge is 0.481 e. The van der Waals surface area contributed by atoms with Gasteiger partial charge in [0.25, 0.3) is 0 Å². The molecular formula is C13H23N3O4. The lowest BCUT2D eigenvalue weighted by Crippen LogP contribution is -2.48. The Kier molecular flexibility index (Phi) is 6.27. The van der Waals surface area contributed by atoms with Crippen LogP contribution in [0.4, 0.5) is 4.79 Å². The van der Waals surface area contributed by atoms with E-state index in [1.165, 1.54) is 11.9 Å². The molecule has 1 rings (SSSR count). The number of nitrogens with one attached hydrogen (secondary N) is 1. The molecule has 3 amide bonds. The van der Waals surface area contributed by atoms with E-state index in [0.29, 0.717) is 6.54 Å². The van der Waals surface area contributed by atoms with Crippen LogP contribution in [0.5, 0.6) is 0 Å². The Balaban J connectivity index is 2.67. The topological polar surface area (TPSA) is 90.0 Å². The number of carboxylic acids is 1. The highest BCUT2D eigenvalue weighted by atomic mass is 16.4. The summed E-state index contributed by atoms with van der Waals surface area (Å²) in [4.78, 5) is 37.7. The van der Waals surface area contributed by atoms with E-state index in [0.717, 1.165) is 19.3 Å². The molecule has 0 atom stereocenters. The molecule has 7 nitrogen and oxygen atoms in total. The summed E-state index contributed by atoms with van der Waals surface area (Å²) in [7, 11) is 1.53. The van der Waals surface area contributed by atoms with Crippen LogP contribution in [0.1, 0.15) is 32.6 Å². The first-order valence-corrected chi connectivity index (χ1v) is 6.97. The zero-order chi connectivity index (χ0) is 15.1. The molecule has 0 aromatic rings. The Morgan fingerprint density at radius 2 is 1.90 bits per heavy atom. The van der Waals surface area contributed by atoms with Crippen molar-refractivity contribution in [3.05, 3.63) is 0 Å². The van der Waals surface area contributed by atoms with Crippen molar-refractivity contribution in [2.24, 2.45) is 0 Å². The standard InChI is InChI=1S/C13H23N3O4/c1-3-7-15(9-11(17)14-2)13(20)16(10-4-5-10)8-6-12(18)19/h10H,3-9H2,1-2H3,(H,14,17)(H,18,19). The Hall–Kier alpha value is -1.79. The molecule has 0 saturated heterocycles. The van der Waals surface area contributed by atoms with Crippen LogP contribution in [-0.4, -0.2) is 65.5 Å². The molecular weight excluding hydrogens is 262 g/mol. The van der Waals surface area contributed by atoms with Gasteiger partial charge in [-0.3, -0.25) is 9.59 Å². The third kappa shape index (κ3) is 5.07. The van der Waals surface area contributed by atoms with Gasteiger partial charge in [0.1, 0.15) is 6.54 Å². The number of amides is 3. The van der Waals surface area contributed by atoms with Crippen LogP contribution in [0.2, 0.25) is 0 Å². The summed E-state index contributed by atoms with van der Waals surface area (Å²) in [5.41, 5.74) is 0. The third-order valence-electron chi connectivity index (χ3n) is 3.18. The van der Waals surface area contributed by atoms with Crippen molar-refractivity contribution < 1.29 is 19.5 Å². The number of hydrogen-bond donors (Lipinski definition) is 2. The number of carboxylic acid groups (broad SMARTS) is 1. The lowest BCUT2D eigenvalue weighted by molar-refractivity contribution is -0.137. The van der Waals surface area contributed by atoms with E-state index in [-0.39, 0.29) is 37.5 Å². The van der Waals surface area contributed by atoms with Gasteiger partial charge in [-0.2, -0.15) is 0 Å². The molecule has 7 heteroatoms. The number of likely N-dealkylation sites (N-methyl/N-ethyl adjacent to an activating group) is 1. The van der Waals surface area contributed by atoms with Crippen LogP contribution >= 0.6 is 0 Å². The SMILES string of the molecule is CCCN(CC(=O)NC)C(=O)N(CCC(=O)O)C1CC1. The highest BCUT2D eigenvalue weighted by Crippen LogP contribution is 2.28. The average Bonchev–Trinajstić information content (AvgIpc) is 3.22. The zero-order valence-electron chi connectivity index (χ0n) is 12.1. The van der Waals surface area contributed by atoms with Gasteiger partial charge < -0.3 is 20.2 Å². The number of carbonyl (C=O) groups excluding carboxylic acids is 2. The molecule has 0 bridgehead atoms. The molecule has 0 heterocycles. The average molecular weight is 285 g/mol. The molecule has 1 saturated carbocycles. The number of urea groups is 1. The quantitative estimate of drug-likeness (QED) is 0.679. The number of rotatable bonds is 8. The molecule has 1 aliphatic carbocycles. The van der Waals surface area contributed by atoms with E-state index in [2.05, 4.69) is 5.32 Å².